The average molecular weight is 181 g/mol. The molecule has 2 heterocycles. The summed E-state index contributed by atoms with van der Waals surface area (Å²) in [6.07, 6.45) is 5.28. The third-order valence-corrected chi connectivity index (χ3v) is 2.56. The molecule has 1 aliphatic rings. The minimum Gasteiger partial charge on any atom is -0.391 e. The summed E-state index contributed by atoms with van der Waals surface area (Å²) >= 11 is 0. The average Bonchev–Trinajstić information content (AvgIpc) is 2.52. The van der Waals surface area contributed by atoms with Crippen LogP contribution in [-0.4, -0.2) is 27.3 Å². The van der Waals surface area contributed by atoms with Gasteiger partial charge >= 0.3 is 0 Å². The van der Waals surface area contributed by atoms with Gasteiger partial charge in [0.2, 0.25) is 0 Å². The molecule has 4 nitrogen and oxygen atoms in total. The Balaban J connectivity index is 2.19. The Labute approximate surface area is 77.6 Å². The number of aromatic nitrogens is 2. The molecular weight excluding hydrogens is 166 g/mol. The molecule has 2 rings (SSSR count). The summed E-state index contributed by atoms with van der Waals surface area (Å²) in [6, 6.07) is 0.00810. The minimum atomic E-state index is -0.296. The van der Waals surface area contributed by atoms with E-state index in [4.69, 9.17) is 0 Å². The Morgan fingerprint density at radius 2 is 2.54 bits per heavy atom. The van der Waals surface area contributed by atoms with Gasteiger partial charge in [-0.1, -0.05) is 0 Å². The van der Waals surface area contributed by atoms with E-state index in [1.807, 2.05) is 17.8 Å². The molecule has 13 heavy (non-hydrogen) atoms. The third kappa shape index (κ3) is 1.59. The lowest BCUT2D eigenvalue weighted by atomic mass is 10.0. The van der Waals surface area contributed by atoms with Crippen LogP contribution in [0.2, 0.25) is 0 Å². The van der Waals surface area contributed by atoms with E-state index in [1.165, 1.54) is 0 Å². The van der Waals surface area contributed by atoms with Gasteiger partial charge in [-0.25, -0.2) is 4.98 Å². The zero-order valence-corrected chi connectivity index (χ0v) is 7.77. The fourth-order valence-electron chi connectivity index (χ4n) is 1.81. The van der Waals surface area contributed by atoms with Crippen molar-refractivity contribution in [2.75, 3.05) is 6.54 Å². The van der Waals surface area contributed by atoms with Crippen molar-refractivity contribution in [3.8, 4) is 0 Å². The molecule has 1 fully saturated rings. The molecule has 2 N–H and O–H groups in total. The van der Waals surface area contributed by atoms with Crippen LogP contribution >= 0.6 is 0 Å². The maximum absolute atomic E-state index is 9.75. The van der Waals surface area contributed by atoms with E-state index in [0.717, 1.165) is 25.2 Å². The molecule has 1 aliphatic heterocycles. The molecule has 0 bridgehead atoms. The summed E-state index contributed by atoms with van der Waals surface area (Å²) < 4.78 is 1.95. The summed E-state index contributed by atoms with van der Waals surface area (Å²) in [5.41, 5.74) is 0. The van der Waals surface area contributed by atoms with Gasteiger partial charge in [-0.15, -0.1) is 0 Å². The van der Waals surface area contributed by atoms with Gasteiger partial charge in [-0.05, 0) is 19.4 Å². The molecule has 1 aromatic heterocycles. The largest absolute Gasteiger partial charge is 0.391 e. The van der Waals surface area contributed by atoms with Crippen LogP contribution in [-0.2, 0) is 7.05 Å². The van der Waals surface area contributed by atoms with Crippen molar-refractivity contribution in [2.24, 2.45) is 7.05 Å². The predicted molar refractivity (Wildman–Crippen MR) is 49.2 cm³/mol. The summed E-state index contributed by atoms with van der Waals surface area (Å²) in [6.45, 7) is 0.967. The second kappa shape index (κ2) is 3.47. The molecule has 0 aromatic carbocycles. The normalized spacial score (nSPS) is 29.1. The smallest absolute Gasteiger partial charge is 0.128 e. The highest BCUT2D eigenvalue weighted by molar-refractivity contribution is 5.02. The summed E-state index contributed by atoms with van der Waals surface area (Å²) in [7, 11) is 1.95. The SMILES string of the molecule is Cn1ccnc1C1NCCCC1O. The number of piperidine rings is 1. The zero-order valence-electron chi connectivity index (χ0n) is 7.77. The number of aliphatic hydroxyl groups is 1. The van der Waals surface area contributed by atoms with E-state index in [-0.39, 0.29) is 12.1 Å². The van der Waals surface area contributed by atoms with Gasteiger partial charge in [0.15, 0.2) is 0 Å². The molecule has 2 atom stereocenters. The van der Waals surface area contributed by atoms with Crippen molar-refractivity contribution in [2.45, 2.75) is 25.0 Å². The maximum atomic E-state index is 9.75. The van der Waals surface area contributed by atoms with Crippen molar-refractivity contribution in [1.29, 1.82) is 0 Å². The van der Waals surface area contributed by atoms with E-state index in [9.17, 15) is 5.11 Å². The Bertz CT molecular complexity index is 284. The standard InChI is InChI=1S/C9H15N3O/c1-12-6-5-11-9(12)8-7(13)3-2-4-10-8/h5-8,10,13H,2-4H2,1H3. The van der Waals surface area contributed by atoms with Gasteiger partial charge in [0.25, 0.3) is 0 Å². The van der Waals surface area contributed by atoms with Gasteiger partial charge in [-0.3, -0.25) is 0 Å². The van der Waals surface area contributed by atoms with Crippen molar-refractivity contribution in [3.05, 3.63) is 18.2 Å². The molecule has 1 saturated heterocycles. The highest BCUT2D eigenvalue weighted by Crippen LogP contribution is 2.21. The molecule has 0 spiro atoms. The van der Waals surface area contributed by atoms with Crippen molar-refractivity contribution in [1.82, 2.24) is 14.9 Å². The van der Waals surface area contributed by atoms with Gasteiger partial charge in [0, 0.05) is 19.4 Å². The number of imidazole rings is 1. The van der Waals surface area contributed by atoms with Crippen LogP contribution in [0.15, 0.2) is 12.4 Å². The second-order valence-electron chi connectivity index (χ2n) is 3.54. The summed E-state index contributed by atoms with van der Waals surface area (Å²) in [5.74, 6) is 0.923. The molecule has 0 aliphatic carbocycles. The van der Waals surface area contributed by atoms with E-state index < -0.39 is 0 Å². The number of hydrogen-bond acceptors (Lipinski definition) is 3. The lowest BCUT2D eigenvalue weighted by molar-refractivity contribution is 0.0915. The summed E-state index contributed by atoms with van der Waals surface area (Å²) in [4.78, 5) is 4.23. The molecule has 1 aromatic rings. The van der Waals surface area contributed by atoms with Crippen molar-refractivity contribution >= 4 is 0 Å². The van der Waals surface area contributed by atoms with Crippen LogP contribution in [0.1, 0.15) is 24.7 Å². The monoisotopic (exact) mass is 181 g/mol. The molecule has 72 valence electrons. The van der Waals surface area contributed by atoms with Gasteiger partial charge in [-0.2, -0.15) is 0 Å². The van der Waals surface area contributed by atoms with Crippen molar-refractivity contribution < 1.29 is 5.11 Å². The van der Waals surface area contributed by atoms with E-state index in [1.54, 1.807) is 6.20 Å². The Kier molecular flexibility index (Phi) is 2.33. The van der Waals surface area contributed by atoms with Crippen molar-refractivity contribution in [3.63, 3.8) is 0 Å². The fourth-order valence-corrected chi connectivity index (χ4v) is 1.81. The van der Waals surface area contributed by atoms with Crippen LogP contribution in [0.5, 0.6) is 0 Å². The zero-order chi connectivity index (χ0) is 9.26. The van der Waals surface area contributed by atoms with Gasteiger partial charge in [0.05, 0.1) is 12.1 Å². The van der Waals surface area contributed by atoms with Gasteiger partial charge < -0.3 is 15.0 Å². The lowest BCUT2D eigenvalue weighted by Gasteiger charge is -2.28. The molecule has 0 radical (unpaired) electrons. The Morgan fingerprint density at radius 3 is 3.15 bits per heavy atom. The lowest BCUT2D eigenvalue weighted by Crippen LogP contribution is -2.39. The van der Waals surface area contributed by atoms with E-state index >= 15 is 0 Å². The number of aliphatic hydroxyl groups excluding tert-OH is 1. The minimum absolute atomic E-state index is 0.00810. The topological polar surface area (TPSA) is 50.1 Å². The highest BCUT2D eigenvalue weighted by atomic mass is 16.3. The first-order valence-electron chi connectivity index (χ1n) is 4.67. The second-order valence-corrected chi connectivity index (χ2v) is 3.54. The Morgan fingerprint density at radius 1 is 1.69 bits per heavy atom. The number of aryl methyl sites for hydroxylation is 1. The Hall–Kier alpha value is -0.870. The molecule has 4 heteroatoms. The van der Waals surface area contributed by atoms with E-state index in [2.05, 4.69) is 10.3 Å². The van der Waals surface area contributed by atoms with Gasteiger partial charge in [0.1, 0.15) is 5.82 Å². The quantitative estimate of drug-likeness (QED) is 0.651. The molecule has 0 saturated carbocycles. The molecule has 0 amide bonds. The first kappa shape index (κ1) is 8.72. The number of rotatable bonds is 1. The summed E-state index contributed by atoms with van der Waals surface area (Å²) in [5, 5.41) is 13.0. The first-order chi connectivity index (χ1) is 6.29. The third-order valence-electron chi connectivity index (χ3n) is 2.56. The predicted octanol–water partition coefficient (Wildman–Crippen LogP) is 0.205. The van der Waals surface area contributed by atoms with Crippen LogP contribution in [0.3, 0.4) is 0 Å². The molecular formula is C9H15N3O. The number of hydrogen-bond donors (Lipinski definition) is 2. The maximum Gasteiger partial charge on any atom is 0.128 e. The van der Waals surface area contributed by atoms with Crippen LogP contribution < -0.4 is 5.32 Å². The number of nitrogens with one attached hydrogen (secondary N) is 1. The van der Waals surface area contributed by atoms with E-state index in [0.29, 0.717) is 0 Å². The fraction of sp³-hybridized carbons (Fsp3) is 0.667. The molecule has 2 unspecified atom stereocenters. The first-order valence-corrected chi connectivity index (χ1v) is 4.67. The number of nitrogens with zero attached hydrogens (tertiary/aromatic N) is 2. The van der Waals surface area contributed by atoms with Crippen LogP contribution in [0, 0.1) is 0 Å². The highest BCUT2D eigenvalue weighted by Gasteiger charge is 2.26. The van der Waals surface area contributed by atoms with Crippen LogP contribution in [0.25, 0.3) is 0 Å². The van der Waals surface area contributed by atoms with Crippen LogP contribution in [0.4, 0.5) is 0 Å².